The molecule has 1 aromatic rings. The van der Waals surface area contributed by atoms with Crippen molar-refractivity contribution in [3.8, 4) is 0 Å². The summed E-state index contributed by atoms with van der Waals surface area (Å²) in [5.41, 5.74) is 1.95. The van der Waals surface area contributed by atoms with E-state index < -0.39 is 12.0 Å². The zero-order valence-corrected chi connectivity index (χ0v) is 17.8. The van der Waals surface area contributed by atoms with Crippen molar-refractivity contribution in [2.45, 2.75) is 65.3 Å². The van der Waals surface area contributed by atoms with Gasteiger partial charge in [-0.25, -0.2) is 9.59 Å². The lowest BCUT2D eigenvalue weighted by atomic mass is 9.95. The molecule has 1 N–H and O–H groups in total. The summed E-state index contributed by atoms with van der Waals surface area (Å²) in [6, 6.07) is 6.43. The van der Waals surface area contributed by atoms with Crippen molar-refractivity contribution in [2.75, 3.05) is 13.2 Å². The van der Waals surface area contributed by atoms with Gasteiger partial charge in [0.05, 0.1) is 18.2 Å². The van der Waals surface area contributed by atoms with Crippen LogP contribution in [0.3, 0.4) is 0 Å². The quantitative estimate of drug-likeness (QED) is 0.406. The van der Waals surface area contributed by atoms with Gasteiger partial charge in [-0.1, -0.05) is 62.8 Å². The Hall–Kier alpha value is -2.01. The summed E-state index contributed by atoms with van der Waals surface area (Å²) in [6.07, 6.45) is 6.85. The Morgan fingerprint density at radius 3 is 2.39 bits per heavy atom. The van der Waals surface area contributed by atoms with Crippen molar-refractivity contribution in [1.82, 2.24) is 10.2 Å². The topological polar surface area (TPSA) is 58.6 Å². The minimum atomic E-state index is -0.537. The molecular formula is C22H31ClN2O3. The van der Waals surface area contributed by atoms with Gasteiger partial charge in [0.25, 0.3) is 0 Å². The van der Waals surface area contributed by atoms with Crippen LogP contribution < -0.4 is 5.32 Å². The van der Waals surface area contributed by atoms with Gasteiger partial charge in [0, 0.05) is 17.3 Å². The van der Waals surface area contributed by atoms with Crippen molar-refractivity contribution >= 4 is 23.6 Å². The van der Waals surface area contributed by atoms with Gasteiger partial charge >= 0.3 is 12.0 Å². The van der Waals surface area contributed by atoms with Crippen LogP contribution in [0.2, 0.25) is 5.02 Å². The Kier molecular flexibility index (Phi) is 8.84. The predicted octanol–water partition coefficient (Wildman–Crippen LogP) is 5.60. The maximum absolute atomic E-state index is 12.8. The van der Waals surface area contributed by atoms with E-state index in [-0.39, 0.29) is 12.6 Å². The number of rotatable bonds is 10. The fraction of sp³-hybridized carbons (Fsp3) is 0.545. The number of hydrogen-bond donors (Lipinski definition) is 1. The summed E-state index contributed by atoms with van der Waals surface area (Å²) in [4.78, 5) is 27.1. The van der Waals surface area contributed by atoms with Gasteiger partial charge < -0.3 is 10.1 Å². The Morgan fingerprint density at radius 1 is 1.11 bits per heavy atom. The smallest absolute Gasteiger partial charge is 0.338 e. The molecule has 1 aromatic carbocycles. The highest BCUT2D eigenvalue weighted by atomic mass is 35.5. The van der Waals surface area contributed by atoms with E-state index in [0.29, 0.717) is 22.8 Å². The molecule has 6 heteroatoms. The van der Waals surface area contributed by atoms with Gasteiger partial charge in [0.1, 0.15) is 0 Å². The zero-order chi connectivity index (χ0) is 20.5. The van der Waals surface area contributed by atoms with E-state index in [9.17, 15) is 9.59 Å². The molecule has 0 radical (unpaired) electrons. The van der Waals surface area contributed by atoms with Gasteiger partial charge in [-0.2, -0.15) is 0 Å². The van der Waals surface area contributed by atoms with E-state index in [4.69, 9.17) is 16.3 Å². The fourth-order valence-corrected chi connectivity index (χ4v) is 3.61. The summed E-state index contributed by atoms with van der Waals surface area (Å²) in [5.74, 6) is -0.395. The number of nitrogens with one attached hydrogen (secondary N) is 1. The number of ether oxygens (including phenoxy) is 1. The maximum Gasteiger partial charge on any atom is 0.338 e. The van der Waals surface area contributed by atoms with E-state index in [1.807, 2.05) is 19.1 Å². The summed E-state index contributed by atoms with van der Waals surface area (Å²) < 4.78 is 5.28. The molecule has 1 aliphatic rings. The number of urea groups is 1. The van der Waals surface area contributed by atoms with Gasteiger partial charge in [0.15, 0.2) is 0 Å². The van der Waals surface area contributed by atoms with Crippen LogP contribution in [0.25, 0.3) is 0 Å². The number of esters is 1. The molecule has 1 unspecified atom stereocenters. The van der Waals surface area contributed by atoms with Crippen molar-refractivity contribution in [3.63, 3.8) is 0 Å². The molecule has 1 atom stereocenters. The minimum absolute atomic E-state index is 0.181. The lowest BCUT2D eigenvalue weighted by molar-refractivity contribution is -0.139. The van der Waals surface area contributed by atoms with E-state index >= 15 is 0 Å². The third-order valence-electron chi connectivity index (χ3n) is 5.03. The second-order valence-corrected chi connectivity index (χ2v) is 7.51. The minimum Gasteiger partial charge on any atom is -0.463 e. The lowest BCUT2D eigenvalue weighted by Gasteiger charge is -2.35. The van der Waals surface area contributed by atoms with Crippen LogP contribution in [0.5, 0.6) is 0 Å². The molecule has 2 amide bonds. The highest BCUT2D eigenvalue weighted by Crippen LogP contribution is 2.32. The van der Waals surface area contributed by atoms with Crippen LogP contribution in [-0.4, -0.2) is 30.1 Å². The van der Waals surface area contributed by atoms with Crippen LogP contribution in [0.4, 0.5) is 4.79 Å². The largest absolute Gasteiger partial charge is 0.463 e. The molecular weight excluding hydrogens is 376 g/mol. The van der Waals surface area contributed by atoms with Crippen molar-refractivity contribution < 1.29 is 14.3 Å². The van der Waals surface area contributed by atoms with Gasteiger partial charge in [-0.15, -0.1) is 0 Å². The first-order valence-electron chi connectivity index (χ1n) is 10.2. The number of carbonyl (C=O) groups is 2. The van der Waals surface area contributed by atoms with Crippen LogP contribution in [0, 0.1) is 0 Å². The van der Waals surface area contributed by atoms with Gasteiger partial charge in [-0.05, 0) is 38.0 Å². The number of amides is 2. The Labute approximate surface area is 173 Å². The molecule has 0 aliphatic carbocycles. The number of carbonyl (C=O) groups excluding carboxylic acids is 2. The molecule has 2 rings (SSSR count). The normalized spacial score (nSPS) is 16.9. The second kappa shape index (κ2) is 11.1. The second-order valence-electron chi connectivity index (χ2n) is 7.07. The summed E-state index contributed by atoms with van der Waals surface area (Å²) in [7, 11) is 0. The van der Waals surface area contributed by atoms with Crippen molar-refractivity contribution in [2.24, 2.45) is 0 Å². The number of hydrogen-bond acceptors (Lipinski definition) is 3. The molecule has 0 aromatic heterocycles. The average Bonchev–Trinajstić information content (AvgIpc) is 2.67. The maximum atomic E-state index is 12.8. The van der Waals surface area contributed by atoms with E-state index in [1.54, 1.807) is 24.0 Å². The van der Waals surface area contributed by atoms with Gasteiger partial charge in [-0.3, -0.25) is 4.90 Å². The summed E-state index contributed by atoms with van der Waals surface area (Å²) >= 11 is 5.98. The zero-order valence-electron chi connectivity index (χ0n) is 17.1. The van der Waals surface area contributed by atoms with E-state index in [0.717, 1.165) is 18.4 Å². The molecule has 28 heavy (non-hydrogen) atoms. The van der Waals surface area contributed by atoms with Gasteiger partial charge in [0.2, 0.25) is 0 Å². The molecule has 1 heterocycles. The van der Waals surface area contributed by atoms with Crippen LogP contribution in [0.1, 0.15) is 70.9 Å². The van der Waals surface area contributed by atoms with Crippen LogP contribution >= 0.6 is 11.6 Å². The van der Waals surface area contributed by atoms with Crippen LogP contribution in [-0.2, 0) is 9.53 Å². The highest BCUT2D eigenvalue weighted by molar-refractivity contribution is 6.30. The fourth-order valence-electron chi connectivity index (χ4n) is 3.48. The first-order chi connectivity index (χ1) is 13.5. The SMILES string of the molecule is CCCCCCCCN1C(=O)NC(c2ccc(Cl)cc2)C(C(=O)OCC)=C1C. The van der Waals surface area contributed by atoms with Crippen molar-refractivity contribution in [1.29, 1.82) is 0 Å². The number of unbranched alkanes of at least 4 members (excludes halogenated alkanes) is 5. The number of benzene rings is 1. The first kappa shape index (κ1) is 22.3. The molecule has 0 saturated carbocycles. The molecule has 154 valence electrons. The summed E-state index contributed by atoms with van der Waals surface area (Å²) in [6.45, 7) is 6.68. The summed E-state index contributed by atoms with van der Waals surface area (Å²) in [5, 5.41) is 3.57. The number of halogens is 1. The molecule has 0 saturated heterocycles. The number of allylic oxidation sites excluding steroid dienone is 1. The molecule has 0 fully saturated rings. The Morgan fingerprint density at radius 2 is 1.75 bits per heavy atom. The standard InChI is InChI=1S/C22H31ClN2O3/c1-4-6-7-8-9-10-15-25-16(3)19(21(26)28-5-2)20(24-22(25)27)17-11-13-18(23)14-12-17/h11-14,20H,4-10,15H2,1-3H3,(H,24,27). The monoisotopic (exact) mass is 406 g/mol. The Bertz CT molecular complexity index is 700. The third-order valence-corrected chi connectivity index (χ3v) is 5.28. The van der Waals surface area contributed by atoms with Crippen molar-refractivity contribution in [3.05, 3.63) is 46.1 Å². The molecule has 1 aliphatic heterocycles. The van der Waals surface area contributed by atoms with E-state index in [1.165, 1.54) is 25.7 Å². The number of nitrogens with zero attached hydrogens (tertiary/aromatic N) is 1. The molecule has 0 spiro atoms. The highest BCUT2D eigenvalue weighted by Gasteiger charge is 2.36. The van der Waals surface area contributed by atoms with E-state index in [2.05, 4.69) is 12.2 Å². The third kappa shape index (κ3) is 5.74. The first-order valence-corrected chi connectivity index (χ1v) is 10.6. The predicted molar refractivity (Wildman–Crippen MR) is 112 cm³/mol. The molecule has 5 nitrogen and oxygen atoms in total. The van der Waals surface area contributed by atoms with Crippen LogP contribution in [0.15, 0.2) is 35.5 Å². The average molecular weight is 407 g/mol. The molecule has 0 bridgehead atoms. The lowest BCUT2D eigenvalue weighted by Crippen LogP contribution is -2.48. The Balaban J connectivity index is 2.20.